The number of nitrogens with one attached hydrogen (secondary N) is 1. The number of carbonyl (C=O) groups excluding carboxylic acids is 1. The normalized spacial score (nSPS) is 14.2. The lowest BCUT2D eigenvalue weighted by atomic mass is 10.2. The number of carboxylic acids is 1. The van der Waals surface area contributed by atoms with Crippen molar-refractivity contribution in [3.05, 3.63) is 29.8 Å². The van der Waals surface area contributed by atoms with Gasteiger partial charge in [0.25, 0.3) is 0 Å². The largest absolute Gasteiger partial charge is 0.478 e. The highest BCUT2D eigenvalue weighted by atomic mass is 32.2. The minimum absolute atomic E-state index is 0.0363. The van der Waals surface area contributed by atoms with Crippen LogP contribution in [-0.4, -0.2) is 29.3 Å². The summed E-state index contributed by atoms with van der Waals surface area (Å²) in [6.45, 7) is 0.789. The lowest BCUT2D eigenvalue weighted by Crippen LogP contribution is -2.27. The van der Waals surface area contributed by atoms with Gasteiger partial charge in [-0.25, -0.2) is 4.79 Å². The molecule has 4 nitrogen and oxygen atoms in total. The highest BCUT2D eigenvalue weighted by Crippen LogP contribution is 2.27. The van der Waals surface area contributed by atoms with Crippen molar-refractivity contribution in [1.82, 2.24) is 5.32 Å². The lowest BCUT2D eigenvalue weighted by molar-refractivity contribution is -0.118. The first-order chi connectivity index (χ1) is 8.65. The van der Waals surface area contributed by atoms with Gasteiger partial charge in [-0.15, -0.1) is 11.8 Å². The second-order valence-corrected chi connectivity index (χ2v) is 5.41. The van der Waals surface area contributed by atoms with Gasteiger partial charge in [-0.1, -0.05) is 0 Å². The first-order valence-corrected chi connectivity index (χ1v) is 6.86. The Labute approximate surface area is 110 Å². The van der Waals surface area contributed by atoms with Crippen LogP contribution in [-0.2, 0) is 4.79 Å². The molecule has 5 heteroatoms. The predicted molar refractivity (Wildman–Crippen MR) is 69.9 cm³/mol. The van der Waals surface area contributed by atoms with E-state index in [4.69, 9.17) is 5.11 Å². The summed E-state index contributed by atoms with van der Waals surface area (Å²) in [6.07, 6.45) is 2.45. The Morgan fingerprint density at radius 1 is 1.28 bits per heavy atom. The average Bonchev–Trinajstić information content (AvgIpc) is 3.18. The quantitative estimate of drug-likeness (QED) is 0.772. The summed E-state index contributed by atoms with van der Waals surface area (Å²) in [4.78, 5) is 23.1. The molecule has 1 aromatic rings. The predicted octanol–water partition coefficient (Wildman–Crippen LogP) is 2.00. The zero-order valence-corrected chi connectivity index (χ0v) is 10.7. The maximum Gasteiger partial charge on any atom is 0.335 e. The Morgan fingerprint density at radius 2 is 1.94 bits per heavy atom. The van der Waals surface area contributed by atoms with Gasteiger partial charge >= 0.3 is 5.97 Å². The van der Waals surface area contributed by atoms with E-state index in [0.29, 0.717) is 11.7 Å². The van der Waals surface area contributed by atoms with Crippen LogP contribution in [0.3, 0.4) is 0 Å². The fourth-order valence-corrected chi connectivity index (χ4v) is 2.20. The number of thioether (sulfide) groups is 1. The number of amides is 1. The summed E-state index contributed by atoms with van der Waals surface area (Å²) >= 11 is 1.42. The molecule has 96 valence electrons. The van der Waals surface area contributed by atoms with Gasteiger partial charge in [-0.2, -0.15) is 0 Å². The van der Waals surface area contributed by atoms with Gasteiger partial charge < -0.3 is 10.4 Å². The van der Waals surface area contributed by atoms with Gasteiger partial charge in [0.2, 0.25) is 5.91 Å². The monoisotopic (exact) mass is 265 g/mol. The van der Waals surface area contributed by atoms with Crippen LogP contribution < -0.4 is 5.32 Å². The van der Waals surface area contributed by atoms with Crippen LogP contribution in [0.2, 0.25) is 0 Å². The standard InChI is InChI=1S/C13H15NO3S/c15-12(14-7-9-1-2-9)8-18-11-5-3-10(4-6-11)13(16)17/h3-6,9H,1-2,7-8H2,(H,14,15)(H,16,17). The van der Waals surface area contributed by atoms with E-state index in [1.807, 2.05) is 0 Å². The third-order valence-corrected chi connectivity index (χ3v) is 3.77. The fourth-order valence-electron chi connectivity index (χ4n) is 1.47. The van der Waals surface area contributed by atoms with Crippen LogP contribution in [0.25, 0.3) is 0 Å². The van der Waals surface area contributed by atoms with E-state index in [0.717, 1.165) is 11.4 Å². The molecule has 0 aromatic heterocycles. The molecule has 0 spiro atoms. The van der Waals surface area contributed by atoms with Crippen LogP contribution in [0.15, 0.2) is 29.2 Å². The SMILES string of the molecule is O=C(CSc1ccc(C(=O)O)cc1)NCC1CC1. The van der Waals surface area contributed by atoms with E-state index in [9.17, 15) is 9.59 Å². The summed E-state index contributed by atoms with van der Waals surface area (Å²) in [5, 5.41) is 11.6. The summed E-state index contributed by atoms with van der Waals surface area (Å²) in [5.74, 6) is 0.163. The molecular weight excluding hydrogens is 250 g/mol. The Morgan fingerprint density at radius 3 is 2.50 bits per heavy atom. The van der Waals surface area contributed by atoms with Crippen LogP contribution in [0, 0.1) is 5.92 Å². The molecule has 18 heavy (non-hydrogen) atoms. The van der Waals surface area contributed by atoms with E-state index >= 15 is 0 Å². The lowest BCUT2D eigenvalue weighted by Gasteiger charge is -2.04. The van der Waals surface area contributed by atoms with Gasteiger partial charge in [0.05, 0.1) is 11.3 Å². The molecular formula is C13H15NO3S. The highest BCUT2D eigenvalue weighted by Gasteiger charge is 2.21. The third kappa shape index (κ3) is 4.07. The number of carboxylic acid groups (broad SMARTS) is 1. The number of rotatable bonds is 6. The molecule has 1 aliphatic carbocycles. The first kappa shape index (κ1) is 13.0. The maximum atomic E-state index is 11.5. The van der Waals surface area contributed by atoms with Crippen molar-refractivity contribution in [2.45, 2.75) is 17.7 Å². The Kier molecular flexibility index (Phi) is 4.25. The molecule has 2 N–H and O–H groups in total. The van der Waals surface area contributed by atoms with Crippen molar-refractivity contribution in [1.29, 1.82) is 0 Å². The molecule has 0 radical (unpaired) electrons. The van der Waals surface area contributed by atoms with Crippen LogP contribution in [0.4, 0.5) is 0 Å². The van der Waals surface area contributed by atoms with E-state index in [2.05, 4.69) is 5.32 Å². The molecule has 1 fully saturated rings. The molecule has 1 amide bonds. The fraction of sp³-hybridized carbons (Fsp3) is 0.385. The van der Waals surface area contributed by atoms with Gasteiger partial charge in [-0.05, 0) is 43.0 Å². The minimum Gasteiger partial charge on any atom is -0.478 e. The van der Waals surface area contributed by atoms with Crippen molar-refractivity contribution in [3.8, 4) is 0 Å². The van der Waals surface area contributed by atoms with Gasteiger partial charge in [0.15, 0.2) is 0 Å². The minimum atomic E-state index is -0.936. The number of hydrogen-bond acceptors (Lipinski definition) is 3. The number of hydrogen-bond donors (Lipinski definition) is 2. The topological polar surface area (TPSA) is 66.4 Å². The smallest absolute Gasteiger partial charge is 0.335 e. The van der Waals surface area contributed by atoms with E-state index in [-0.39, 0.29) is 11.5 Å². The number of benzene rings is 1. The Bertz CT molecular complexity index is 440. The van der Waals surface area contributed by atoms with Crippen LogP contribution in [0.5, 0.6) is 0 Å². The van der Waals surface area contributed by atoms with Crippen molar-refractivity contribution < 1.29 is 14.7 Å². The van der Waals surface area contributed by atoms with Crippen molar-refractivity contribution in [3.63, 3.8) is 0 Å². The second-order valence-electron chi connectivity index (χ2n) is 4.37. The van der Waals surface area contributed by atoms with E-state index in [1.165, 1.54) is 24.6 Å². The van der Waals surface area contributed by atoms with E-state index in [1.54, 1.807) is 24.3 Å². The van der Waals surface area contributed by atoms with Crippen molar-refractivity contribution in [2.75, 3.05) is 12.3 Å². The number of aromatic carboxylic acids is 1. The summed E-state index contributed by atoms with van der Waals surface area (Å²) in [5.41, 5.74) is 0.262. The molecule has 0 unspecified atom stereocenters. The molecule has 1 aliphatic rings. The van der Waals surface area contributed by atoms with Crippen molar-refractivity contribution >= 4 is 23.6 Å². The second kappa shape index (κ2) is 5.91. The maximum absolute atomic E-state index is 11.5. The van der Waals surface area contributed by atoms with Gasteiger partial charge in [0.1, 0.15) is 0 Å². The summed E-state index contributed by atoms with van der Waals surface area (Å²) in [7, 11) is 0. The highest BCUT2D eigenvalue weighted by molar-refractivity contribution is 8.00. The number of carbonyl (C=O) groups is 2. The molecule has 0 heterocycles. The molecule has 0 aliphatic heterocycles. The molecule has 1 aromatic carbocycles. The molecule has 0 saturated heterocycles. The summed E-state index contributed by atoms with van der Waals surface area (Å²) < 4.78 is 0. The van der Waals surface area contributed by atoms with Gasteiger partial charge in [-0.3, -0.25) is 4.79 Å². The molecule has 1 saturated carbocycles. The third-order valence-electron chi connectivity index (χ3n) is 2.76. The zero-order chi connectivity index (χ0) is 13.0. The van der Waals surface area contributed by atoms with Crippen molar-refractivity contribution in [2.24, 2.45) is 5.92 Å². The Balaban J connectivity index is 1.74. The zero-order valence-electron chi connectivity index (χ0n) is 9.89. The van der Waals surface area contributed by atoms with Crippen LogP contribution >= 0.6 is 11.8 Å². The Hall–Kier alpha value is -1.49. The first-order valence-electron chi connectivity index (χ1n) is 5.88. The molecule has 0 bridgehead atoms. The molecule has 0 atom stereocenters. The average molecular weight is 265 g/mol. The van der Waals surface area contributed by atoms with Gasteiger partial charge in [0, 0.05) is 11.4 Å². The molecule has 2 rings (SSSR count). The van der Waals surface area contributed by atoms with E-state index < -0.39 is 5.97 Å². The summed E-state index contributed by atoms with van der Waals surface area (Å²) in [6, 6.07) is 6.55. The van der Waals surface area contributed by atoms with Crippen LogP contribution in [0.1, 0.15) is 23.2 Å².